The normalized spacial score (nSPS) is 26.1. The van der Waals surface area contributed by atoms with E-state index in [0.29, 0.717) is 6.42 Å². The zero-order valence-corrected chi connectivity index (χ0v) is 7.75. The Balaban J connectivity index is 2.55. The lowest BCUT2D eigenvalue weighted by Gasteiger charge is -2.20. The molecule has 13 heavy (non-hydrogen) atoms. The van der Waals surface area contributed by atoms with Gasteiger partial charge in [0.05, 0.1) is 6.61 Å². The summed E-state index contributed by atoms with van der Waals surface area (Å²) in [7, 11) is 0. The van der Waals surface area contributed by atoms with Gasteiger partial charge in [-0.05, 0) is 36.5 Å². The highest BCUT2D eigenvalue weighted by molar-refractivity contribution is 5.42. The standard InChI is InChI=1S/C11H14O2/c1-8-3-2-4-10-9(8)5-6-11(10,13)7-12/h2-4,12-13H,5-7H2,1H3. The second-order valence-electron chi connectivity index (χ2n) is 3.79. The molecule has 0 bridgehead atoms. The summed E-state index contributed by atoms with van der Waals surface area (Å²) in [5.41, 5.74) is 2.34. The minimum Gasteiger partial charge on any atom is -0.393 e. The molecule has 2 rings (SSSR count). The Kier molecular flexibility index (Phi) is 1.90. The van der Waals surface area contributed by atoms with Crippen molar-refractivity contribution in [1.29, 1.82) is 0 Å². The van der Waals surface area contributed by atoms with Crippen LogP contribution in [0.5, 0.6) is 0 Å². The molecular formula is C11H14O2. The van der Waals surface area contributed by atoms with Crippen molar-refractivity contribution < 1.29 is 10.2 Å². The van der Waals surface area contributed by atoms with Crippen LogP contribution in [-0.4, -0.2) is 16.8 Å². The van der Waals surface area contributed by atoms with Gasteiger partial charge in [0, 0.05) is 0 Å². The SMILES string of the molecule is Cc1cccc2c1CCC2(O)CO. The van der Waals surface area contributed by atoms with E-state index in [-0.39, 0.29) is 6.61 Å². The van der Waals surface area contributed by atoms with Gasteiger partial charge in [0.15, 0.2) is 0 Å². The smallest absolute Gasteiger partial charge is 0.113 e. The van der Waals surface area contributed by atoms with Crippen molar-refractivity contribution in [3.63, 3.8) is 0 Å². The lowest BCUT2D eigenvalue weighted by Crippen LogP contribution is -2.26. The predicted molar refractivity (Wildman–Crippen MR) is 50.5 cm³/mol. The van der Waals surface area contributed by atoms with Gasteiger partial charge in [-0.2, -0.15) is 0 Å². The molecule has 2 heteroatoms. The van der Waals surface area contributed by atoms with Crippen LogP contribution in [0.4, 0.5) is 0 Å². The van der Waals surface area contributed by atoms with E-state index < -0.39 is 5.60 Å². The first-order chi connectivity index (χ1) is 6.17. The average Bonchev–Trinajstić information content (AvgIpc) is 2.47. The fourth-order valence-electron chi connectivity index (χ4n) is 2.10. The highest BCUT2D eigenvalue weighted by atomic mass is 16.3. The van der Waals surface area contributed by atoms with Crippen LogP contribution in [0.15, 0.2) is 18.2 Å². The molecule has 1 unspecified atom stereocenters. The van der Waals surface area contributed by atoms with E-state index in [0.717, 1.165) is 12.0 Å². The summed E-state index contributed by atoms with van der Waals surface area (Å²) in [6.45, 7) is 1.87. The molecule has 1 aliphatic carbocycles. The van der Waals surface area contributed by atoms with Crippen molar-refractivity contribution in [2.24, 2.45) is 0 Å². The van der Waals surface area contributed by atoms with Gasteiger partial charge in [-0.3, -0.25) is 0 Å². The zero-order valence-electron chi connectivity index (χ0n) is 7.75. The van der Waals surface area contributed by atoms with Crippen molar-refractivity contribution in [2.45, 2.75) is 25.4 Å². The molecule has 1 atom stereocenters. The molecule has 0 saturated carbocycles. The summed E-state index contributed by atoms with van der Waals surface area (Å²) < 4.78 is 0. The summed E-state index contributed by atoms with van der Waals surface area (Å²) in [6, 6.07) is 5.88. The first-order valence-electron chi connectivity index (χ1n) is 4.59. The quantitative estimate of drug-likeness (QED) is 0.676. The Labute approximate surface area is 77.8 Å². The minimum absolute atomic E-state index is 0.177. The third-order valence-corrected chi connectivity index (χ3v) is 2.96. The number of benzene rings is 1. The maximum absolute atomic E-state index is 10.0. The highest BCUT2D eigenvalue weighted by Crippen LogP contribution is 2.37. The molecule has 0 aliphatic heterocycles. The van der Waals surface area contributed by atoms with Gasteiger partial charge in [-0.25, -0.2) is 0 Å². The summed E-state index contributed by atoms with van der Waals surface area (Å²) in [6.07, 6.45) is 1.52. The summed E-state index contributed by atoms with van der Waals surface area (Å²) in [5.74, 6) is 0. The number of aryl methyl sites for hydroxylation is 1. The number of aliphatic hydroxyl groups excluding tert-OH is 1. The largest absolute Gasteiger partial charge is 0.393 e. The van der Waals surface area contributed by atoms with E-state index in [9.17, 15) is 5.11 Å². The van der Waals surface area contributed by atoms with Crippen LogP contribution in [-0.2, 0) is 12.0 Å². The monoisotopic (exact) mass is 178 g/mol. The van der Waals surface area contributed by atoms with Crippen LogP contribution in [0.2, 0.25) is 0 Å². The van der Waals surface area contributed by atoms with Gasteiger partial charge in [0.2, 0.25) is 0 Å². The van der Waals surface area contributed by atoms with Crippen LogP contribution in [0.3, 0.4) is 0 Å². The number of hydrogen-bond donors (Lipinski definition) is 2. The molecule has 1 aromatic rings. The fraction of sp³-hybridized carbons (Fsp3) is 0.455. The first-order valence-corrected chi connectivity index (χ1v) is 4.59. The second kappa shape index (κ2) is 2.82. The molecule has 2 N–H and O–H groups in total. The molecular weight excluding hydrogens is 164 g/mol. The first kappa shape index (κ1) is 8.73. The van der Waals surface area contributed by atoms with Crippen LogP contribution in [0.1, 0.15) is 23.1 Å². The molecule has 2 nitrogen and oxygen atoms in total. The van der Waals surface area contributed by atoms with Crippen LogP contribution in [0.25, 0.3) is 0 Å². The van der Waals surface area contributed by atoms with Gasteiger partial charge in [0.25, 0.3) is 0 Å². The lowest BCUT2D eigenvalue weighted by atomic mass is 9.96. The van der Waals surface area contributed by atoms with Crippen molar-refractivity contribution in [1.82, 2.24) is 0 Å². The van der Waals surface area contributed by atoms with Crippen molar-refractivity contribution in [3.8, 4) is 0 Å². The maximum atomic E-state index is 10.0. The number of hydrogen-bond acceptors (Lipinski definition) is 2. The molecule has 1 aliphatic rings. The van der Waals surface area contributed by atoms with Gasteiger partial charge >= 0.3 is 0 Å². The molecule has 0 saturated heterocycles. The fourth-order valence-corrected chi connectivity index (χ4v) is 2.10. The third-order valence-electron chi connectivity index (χ3n) is 2.96. The topological polar surface area (TPSA) is 40.5 Å². The number of rotatable bonds is 1. The Hall–Kier alpha value is -0.860. The molecule has 0 spiro atoms. The summed E-state index contributed by atoms with van der Waals surface area (Å²) >= 11 is 0. The van der Waals surface area contributed by atoms with Crippen molar-refractivity contribution in [2.75, 3.05) is 6.61 Å². The number of fused-ring (bicyclic) bond motifs is 1. The Morgan fingerprint density at radius 3 is 2.92 bits per heavy atom. The third kappa shape index (κ3) is 1.18. The predicted octanol–water partition coefficient (Wildman–Crippen LogP) is 1.12. The molecule has 0 aromatic heterocycles. The lowest BCUT2D eigenvalue weighted by molar-refractivity contribution is -0.0171. The van der Waals surface area contributed by atoms with Crippen molar-refractivity contribution >= 4 is 0 Å². The van der Waals surface area contributed by atoms with E-state index in [2.05, 4.69) is 0 Å². The molecule has 0 amide bonds. The van der Waals surface area contributed by atoms with E-state index in [1.165, 1.54) is 11.1 Å². The Morgan fingerprint density at radius 2 is 2.23 bits per heavy atom. The second-order valence-corrected chi connectivity index (χ2v) is 3.79. The van der Waals surface area contributed by atoms with Gasteiger partial charge in [0.1, 0.15) is 5.60 Å². The summed E-state index contributed by atoms with van der Waals surface area (Å²) in [5, 5.41) is 19.1. The number of aliphatic hydroxyl groups is 2. The zero-order chi connectivity index (χ0) is 9.47. The van der Waals surface area contributed by atoms with Crippen molar-refractivity contribution in [3.05, 3.63) is 34.9 Å². The Morgan fingerprint density at radius 1 is 1.46 bits per heavy atom. The van der Waals surface area contributed by atoms with Crippen LogP contribution < -0.4 is 0 Å². The molecule has 1 aromatic carbocycles. The molecule has 70 valence electrons. The van der Waals surface area contributed by atoms with Crippen LogP contribution >= 0.6 is 0 Å². The van der Waals surface area contributed by atoms with Gasteiger partial charge < -0.3 is 10.2 Å². The van der Waals surface area contributed by atoms with Crippen LogP contribution in [0, 0.1) is 6.92 Å². The Bertz CT molecular complexity index is 333. The molecule has 0 heterocycles. The minimum atomic E-state index is -0.985. The van der Waals surface area contributed by atoms with E-state index >= 15 is 0 Å². The van der Waals surface area contributed by atoms with Gasteiger partial charge in [-0.15, -0.1) is 0 Å². The maximum Gasteiger partial charge on any atom is 0.113 e. The molecule has 0 fully saturated rings. The molecule has 0 radical (unpaired) electrons. The van der Waals surface area contributed by atoms with E-state index in [4.69, 9.17) is 5.11 Å². The average molecular weight is 178 g/mol. The van der Waals surface area contributed by atoms with E-state index in [1.807, 2.05) is 25.1 Å². The highest BCUT2D eigenvalue weighted by Gasteiger charge is 2.36. The van der Waals surface area contributed by atoms with E-state index in [1.54, 1.807) is 0 Å². The summed E-state index contributed by atoms with van der Waals surface area (Å²) in [4.78, 5) is 0. The van der Waals surface area contributed by atoms with Gasteiger partial charge in [-0.1, -0.05) is 18.2 Å².